The van der Waals surface area contributed by atoms with Crippen molar-refractivity contribution in [2.24, 2.45) is 0 Å². The summed E-state index contributed by atoms with van der Waals surface area (Å²) >= 11 is 0. The fraction of sp³-hybridized carbons (Fsp3) is 0.381. The van der Waals surface area contributed by atoms with E-state index in [1.54, 1.807) is 13.0 Å². The van der Waals surface area contributed by atoms with E-state index in [0.717, 1.165) is 18.4 Å². The zero-order valence-corrected chi connectivity index (χ0v) is 14.7. The molecule has 0 radical (unpaired) electrons. The molecule has 0 aliphatic carbocycles. The number of nitrogens with one attached hydrogen (secondary N) is 1. The monoisotopic (exact) mass is 341 g/mol. The van der Waals surface area contributed by atoms with E-state index in [2.05, 4.69) is 17.4 Å². The average Bonchev–Trinajstić information content (AvgIpc) is 2.57. The highest BCUT2D eigenvalue weighted by Gasteiger charge is 2.32. The number of carbonyl (C=O) groups is 1. The van der Waals surface area contributed by atoms with E-state index in [1.165, 1.54) is 18.6 Å². The molecule has 0 unspecified atom stereocenters. The van der Waals surface area contributed by atoms with Crippen LogP contribution in [0.15, 0.2) is 48.5 Å². The zero-order valence-electron chi connectivity index (χ0n) is 14.7. The van der Waals surface area contributed by atoms with Crippen molar-refractivity contribution >= 4 is 5.91 Å². The molecule has 3 nitrogen and oxygen atoms in total. The Balaban J connectivity index is 1.82. The minimum atomic E-state index is -0.220. The Labute approximate surface area is 148 Å². The zero-order chi connectivity index (χ0) is 17.8. The summed E-state index contributed by atoms with van der Waals surface area (Å²) in [5, 5.41) is 3.02. The van der Waals surface area contributed by atoms with Crippen LogP contribution < -0.4 is 5.32 Å². The third kappa shape index (κ3) is 4.45. The summed E-state index contributed by atoms with van der Waals surface area (Å²) in [5.41, 5.74) is 2.69. The summed E-state index contributed by atoms with van der Waals surface area (Å²) in [4.78, 5) is 11.5. The number of ether oxygens (including phenoxy) is 1. The van der Waals surface area contributed by atoms with Gasteiger partial charge in [0.2, 0.25) is 5.91 Å². The minimum absolute atomic E-state index is 0.0133. The Bertz CT molecular complexity index is 732. The molecule has 25 heavy (non-hydrogen) atoms. The number of carbonyl (C=O) groups excluding carboxylic acids is 1. The number of rotatable bonds is 4. The van der Waals surface area contributed by atoms with Gasteiger partial charge in [0.05, 0.1) is 12.2 Å². The van der Waals surface area contributed by atoms with E-state index >= 15 is 0 Å². The van der Waals surface area contributed by atoms with Crippen molar-refractivity contribution in [1.29, 1.82) is 0 Å². The summed E-state index contributed by atoms with van der Waals surface area (Å²) in [7, 11) is 0. The summed E-state index contributed by atoms with van der Waals surface area (Å²) in [6.07, 6.45) is 1.98. The third-order valence-corrected chi connectivity index (χ3v) is 4.77. The van der Waals surface area contributed by atoms with Crippen LogP contribution in [0.3, 0.4) is 0 Å². The molecule has 1 aliphatic heterocycles. The van der Waals surface area contributed by atoms with Gasteiger partial charge < -0.3 is 10.1 Å². The van der Waals surface area contributed by atoms with E-state index in [-0.39, 0.29) is 30.0 Å². The molecule has 1 amide bonds. The van der Waals surface area contributed by atoms with Gasteiger partial charge in [-0.1, -0.05) is 42.5 Å². The quantitative estimate of drug-likeness (QED) is 0.909. The second-order valence-electron chi connectivity index (χ2n) is 6.76. The average molecular weight is 341 g/mol. The smallest absolute Gasteiger partial charge is 0.217 e. The molecule has 1 fully saturated rings. The van der Waals surface area contributed by atoms with Crippen LogP contribution in [0.25, 0.3) is 0 Å². The van der Waals surface area contributed by atoms with Crippen LogP contribution in [-0.4, -0.2) is 18.1 Å². The Morgan fingerprint density at radius 1 is 1.16 bits per heavy atom. The summed E-state index contributed by atoms with van der Waals surface area (Å²) < 4.78 is 20.3. The van der Waals surface area contributed by atoms with Crippen molar-refractivity contribution in [1.82, 2.24) is 5.32 Å². The third-order valence-electron chi connectivity index (χ3n) is 4.77. The molecule has 0 bridgehead atoms. The van der Waals surface area contributed by atoms with Crippen LogP contribution in [0.1, 0.15) is 42.6 Å². The maximum atomic E-state index is 14.0. The van der Waals surface area contributed by atoms with Crippen LogP contribution in [-0.2, 0) is 16.0 Å². The van der Waals surface area contributed by atoms with Crippen molar-refractivity contribution in [3.63, 3.8) is 0 Å². The molecule has 3 rings (SSSR count). The van der Waals surface area contributed by atoms with Crippen molar-refractivity contribution in [3.05, 3.63) is 71.0 Å². The maximum Gasteiger partial charge on any atom is 0.217 e. The number of hydrogen-bond donors (Lipinski definition) is 1. The minimum Gasteiger partial charge on any atom is -0.370 e. The van der Waals surface area contributed by atoms with Crippen LogP contribution in [0.4, 0.5) is 4.39 Å². The molecule has 1 heterocycles. The first kappa shape index (κ1) is 17.6. The fourth-order valence-corrected chi connectivity index (χ4v) is 3.60. The number of halogens is 1. The number of hydrogen-bond acceptors (Lipinski definition) is 2. The van der Waals surface area contributed by atoms with E-state index in [4.69, 9.17) is 4.74 Å². The molecule has 1 saturated heterocycles. The molecule has 3 atom stereocenters. The van der Waals surface area contributed by atoms with Crippen LogP contribution in [0.2, 0.25) is 0 Å². The van der Waals surface area contributed by atoms with Gasteiger partial charge in [-0.25, -0.2) is 4.39 Å². The molecule has 2 aromatic rings. The molecule has 1 aliphatic rings. The van der Waals surface area contributed by atoms with Crippen LogP contribution >= 0.6 is 0 Å². The predicted octanol–water partition coefficient (Wildman–Crippen LogP) is 4.10. The molecule has 4 heteroatoms. The van der Waals surface area contributed by atoms with Gasteiger partial charge in [0.15, 0.2) is 0 Å². The van der Waals surface area contributed by atoms with Crippen molar-refractivity contribution in [3.8, 4) is 0 Å². The molecule has 1 N–H and O–H groups in total. The lowest BCUT2D eigenvalue weighted by Crippen LogP contribution is -2.43. The summed E-state index contributed by atoms with van der Waals surface area (Å²) in [6.45, 7) is 3.31. The van der Waals surface area contributed by atoms with Crippen LogP contribution in [0.5, 0.6) is 0 Å². The van der Waals surface area contributed by atoms with Crippen molar-refractivity contribution < 1.29 is 13.9 Å². The highest BCUT2D eigenvalue weighted by molar-refractivity contribution is 5.73. The molecular weight excluding hydrogens is 317 g/mol. The molecule has 2 aromatic carbocycles. The van der Waals surface area contributed by atoms with Gasteiger partial charge in [0.25, 0.3) is 0 Å². The van der Waals surface area contributed by atoms with Crippen molar-refractivity contribution in [2.45, 2.75) is 51.4 Å². The van der Waals surface area contributed by atoms with Gasteiger partial charge in [-0.3, -0.25) is 4.79 Å². The fourth-order valence-electron chi connectivity index (χ4n) is 3.60. The second kappa shape index (κ2) is 7.79. The summed E-state index contributed by atoms with van der Waals surface area (Å²) in [6, 6.07) is 15.3. The van der Waals surface area contributed by atoms with Crippen molar-refractivity contribution in [2.75, 3.05) is 0 Å². The topological polar surface area (TPSA) is 38.3 Å². The van der Waals surface area contributed by atoms with Gasteiger partial charge >= 0.3 is 0 Å². The first-order valence-corrected chi connectivity index (χ1v) is 8.74. The van der Waals surface area contributed by atoms with Gasteiger partial charge in [0, 0.05) is 13.0 Å². The summed E-state index contributed by atoms with van der Waals surface area (Å²) in [5.74, 6) is -0.262. The number of benzene rings is 2. The largest absolute Gasteiger partial charge is 0.370 e. The molecule has 0 aromatic heterocycles. The Morgan fingerprint density at radius 3 is 2.64 bits per heavy atom. The van der Waals surface area contributed by atoms with Crippen LogP contribution in [0, 0.1) is 12.7 Å². The molecular formula is C21H24FNO2. The Hall–Kier alpha value is -2.20. The number of amides is 1. The Kier molecular flexibility index (Phi) is 5.49. The highest BCUT2D eigenvalue weighted by Crippen LogP contribution is 2.35. The van der Waals surface area contributed by atoms with Gasteiger partial charge in [-0.2, -0.15) is 0 Å². The lowest BCUT2D eigenvalue weighted by Gasteiger charge is -2.36. The lowest BCUT2D eigenvalue weighted by atomic mass is 9.90. The first-order valence-electron chi connectivity index (χ1n) is 8.74. The van der Waals surface area contributed by atoms with E-state index in [0.29, 0.717) is 12.0 Å². The van der Waals surface area contributed by atoms with Gasteiger partial charge in [-0.05, 0) is 48.9 Å². The molecule has 0 saturated carbocycles. The lowest BCUT2D eigenvalue weighted by molar-refractivity contribution is -0.122. The van der Waals surface area contributed by atoms with Gasteiger partial charge in [-0.15, -0.1) is 0 Å². The normalized spacial score (nSPS) is 23.2. The van der Waals surface area contributed by atoms with E-state index in [1.807, 2.05) is 24.3 Å². The second-order valence-corrected chi connectivity index (χ2v) is 6.76. The molecule has 0 spiro atoms. The predicted molar refractivity (Wildman–Crippen MR) is 95.7 cm³/mol. The Morgan fingerprint density at radius 2 is 1.92 bits per heavy atom. The standard InChI is InChI=1S/C21H24FNO2/c1-14-19(9-6-10-20(14)22)21-13-17(23-15(2)24)12-18(25-21)11-16-7-4-3-5-8-16/h3-10,17-18,21H,11-13H2,1-2H3,(H,23,24)/t17-,18+,21+/m1/s1. The van der Waals surface area contributed by atoms with E-state index in [9.17, 15) is 9.18 Å². The van der Waals surface area contributed by atoms with E-state index < -0.39 is 0 Å². The molecule has 132 valence electrons. The maximum absolute atomic E-state index is 14.0. The van der Waals surface area contributed by atoms with Gasteiger partial charge in [0.1, 0.15) is 5.82 Å². The highest BCUT2D eigenvalue weighted by atomic mass is 19.1. The first-order chi connectivity index (χ1) is 12.0. The SMILES string of the molecule is CC(=O)N[C@@H]1C[C@H](Cc2ccccc2)O[C@H](c2cccc(F)c2C)C1.